The molecule has 7 heteroatoms. The molecule has 0 fully saturated rings. The van der Waals surface area contributed by atoms with E-state index in [-0.39, 0.29) is 11.8 Å². The molecule has 0 unspecified atom stereocenters. The normalized spacial score (nSPS) is 13.2. The van der Waals surface area contributed by atoms with Crippen molar-refractivity contribution in [3.63, 3.8) is 0 Å². The number of ether oxygens (including phenoxy) is 1. The lowest BCUT2D eigenvalue weighted by molar-refractivity contribution is -0.137. The molecule has 174 valence electrons. The number of rotatable bonds is 9. The lowest BCUT2D eigenvalue weighted by atomic mass is 9.87. The number of halogens is 3. The Morgan fingerprint density at radius 2 is 1.55 bits per heavy atom. The van der Waals surface area contributed by atoms with Gasteiger partial charge in [-0.05, 0) is 42.3 Å². The largest absolute Gasteiger partial charge is 0.496 e. The number of likely N-dealkylation sites (N-methyl/N-ethyl adjacent to an activating group) is 1. The Morgan fingerprint density at radius 3 is 2.15 bits per heavy atom. The summed E-state index contributed by atoms with van der Waals surface area (Å²) in [6.45, 7) is 0.455. The van der Waals surface area contributed by atoms with E-state index in [1.54, 1.807) is 14.2 Å². The summed E-state index contributed by atoms with van der Waals surface area (Å²) in [6, 6.07) is 21.5. The highest BCUT2D eigenvalue weighted by molar-refractivity contribution is 5.82. The SMILES string of the molecule is CNC(=O)[C@H](NCC[C@@H](c1ccc(C(F)(F)F)cc1)c1ccccc1OC)c1ccccc1. The number of hydrogen-bond donors (Lipinski definition) is 2. The third-order valence-electron chi connectivity index (χ3n) is 5.58. The lowest BCUT2D eigenvalue weighted by Gasteiger charge is -2.23. The molecule has 3 aromatic rings. The Labute approximate surface area is 191 Å². The van der Waals surface area contributed by atoms with Gasteiger partial charge in [0.1, 0.15) is 11.8 Å². The van der Waals surface area contributed by atoms with Crippen LogP contribution in [0.2, 0.25) is 0 Å². The van der Waals surface area contributed by atoms with Gasteiger partial charge in [0.15, 0.2) is 0 Å². The molecule has 1 amide bonds. The first-order valence-corrected chi connectivity index (χ1v) is 10.6. The van der Waals surface area contributed by atoms with E-state index >= 15 is 0 Å². The average Bonchev–Trinajstić information content (AvgIpc) is 2.84. The molecule has 0 aliphatic heterocycles. The summed E-state index contributed by atoms with van der Waals surface area (Å²) < 4.78 is 44.7. The zero-order valence-corrected chi connectivity index (χ0v) is 18.5. The monoisotopic (exact) mass is 456 g/mol. The van der Waals surface area contributed by atoms with Crippen LogP contribution < -0.4 is 15.4 Å². The second kappa shape index (κ2) is 11.0. The van der Waals surface area contributed by atoms with E-state index in [2.05, 4.69) is 10.6 Å². The summed E-state index contributed by atoms with van der Waals surface area (Å²) in [6.07, 6.45) is -3.84. The molecule has 2 N–H and O–H groups in total. The standard InChI is InChI=1S/C26H27F3N2O2/c1-30-25(32)24(19-8-4-3-5-9-19)31-17-16-21(22-10-6-7-11-23(22)33-2)18-12-14-20(15-13-18)26(27,28)29/h3-15,21,24,31H,16-17H2,1-2H3,(H,30,32)/t21-,24+/m0/s1. The molecule has 3 aromatic carbocycles. The fraction of sp³-hybridized carbons (Fsp3) is 0.269. The zero-order chi connectivity index (χ0) is 23.8. The number of amides is 1. The van der Waals surface area contributed by atoms with Gasteiger partial charge in [-0.15, -0.1) is 0 Å². The highest BCUT2D eigenvalue weighted by Gasteiger charge is 2.30. The van der Waals surface area contributed by atoms with E-state index in [1.165, 1.54) is 12.1 Å². The maximum absolute atomic E-state index is 13.1. The third kappa shape index (κ3) is 6.14. The third-order valence-corrected chi connectivity index (χ3v) is 5.58. The summed E-state index contributed by atoms with van der Waals surface area (Å²) in [7, 11) is 3.15. The molecule has 0 aliphatic rings. The molecule has 4 nitrogen and oxygen atoms in total. The molecule has 33 heavy (non-hydrogen) atoms. The fourth-order valence-corrected chi connectivity index (χ4v) is 3.88. The zero-order valence-electron chi connectivity index (χ0n) is 18.5. The van der Waals surface area contributed by atoms with Crippen LogP contribution in [-0.4, -0.2) is 26.6 Å². The number of para-hydroxylation sites is 1. The number of carbonyl (C=O) groups is 1. The Bertz CT molecular complexity index is 1040. The van der Waals surface area contributed by atoms with Crippen molar-refractivity contribution < 1.29 is 22.7 Å². The van der Waals surface area contributed by atoms with Gasteiger partial charge >= 0.3 is 6.18 Å². The molecular weight excluding hydrogens is 429 g/mol. The van der Waals surface area contributed by atoms with Crippen molar-refractivity contribution >= 4 is 5.91 Å². The van der Waals surface area contributed by atoms with Gasteiger partial charge in [-0.2, -0.15) is 13.2 Å². The second-order valence-corrected chi connectivity index (χ2v) is 7.62. The van der Waals surface area contributed by atoms with Crippen molar-refractivity contribution in [2.45, 2.75) is 24.6 Å². The van der Waals surface area contributed by atoms with Crippen molar-refractivity contribution in [3.05, 3.63) is 101 Å². The lowest BCUT2D eigenvalue weighted by Crippen LogP contribution is -2.36. The first-order valence-electron chi connectivity index (χ1n) is 10.6. The smallest absolute Gasteiger partial charge is 0.416 e. The number of carbonyl (C=O) groups excluding carboxylic acids is 1. The van der Waals surface area contributed by atoms with Gasteiger partial charge in [-0.3, -0.25) is 4.79 Å². The molecule has 3 rings (SSSR count). The number of alkyl halides is 3. The van der Waals surface area contributed by atoms with E-state index in [0.717, 1.165) is 28.8 Å². The maximum atomic E-state index is 13.1. The van der Waals surface area contributed by atoms with Crippen LogP contribution in [0.4, 0.5) is 13.2 Å². The van der Waals surface area contributed by atoms with E-state index in [1.807, 2.05) is 54.6 Å². The Hall–Kier alpha value is -3.32. The van der Waals surface area contributed by atoms with Crippen LogP contribution in [0.5, 0.6) is 5.75 Å². The minimum absolute atomic E-state index is 0.162. The Kier molecular flexibility index (Phi) is 8.11. The number of hydrogen-bond acceptors (Lipinski definition) is 3. The summed E-state index contributed by atoms with van der Waals surface area (Å²) in [5.41, 5.74) is 1.76. The van der Waals surface area contributed by atoms with Crippen molar-refractivity contribution in [1.29, 1.82) is 0 Å². The van der Waals surface area contributed by atoms with Crippen LogP contribution in [0.25, 0.3) is 0 Å². The number of benzene rings is 3. The van der Waals surface area contributed by atoms with E-state index < -0.39 is 17.8 Å². The molecule has 0 heterocycles. The van der Waals surface area contributed by atoms with E-state index in [4.69, 9.17) is 4.74 Å². The molecule has 0 saturated carbocycles. The topological polar surface area (TPSA) is 50.4 Å². The first kappa shape index (κ1) is 24.3. The van der Waals surface area contributed by atoms with Gasteiger partial charge in [0, 0.05) is 18.5 Å². The molecule has 0 aromatic heterocycles. The molecule has 0 aliphatic carbocycles. The van der Waals surface area contributed by atoms with Crippen LogP contribution in [0.3, 0.4) is 0 Å². The van der Waals surface area contributed by atoms with Gasteiger partial charge in [0.05, 0.1) is 12.7 Å². The van der Waals surface area contributed by atoms with Crippen LogP contribution in [0.15, 0.2) is 78.9 Å². The molecular formula is C26H27F3N2O2. The van der Waals surface area contributed by atoms with Gasteiger partial charge < -0.3 is 15.4 Å². The first-order chi connectivity index (χ1) is 15.8. The quantitative estimate of drug-likeness (QED) is 0.459. The molecule has 0 saturated heterocycles. The van der Waals surface area contributed by atoms with Crippen molar-refractivity contribution in [3.8, 4) is 5.75 Å². The van der Waals surface area contributed by atoms with Crippen LogP contribution >= 0.6 is 0 Å². The Balaban J connectivity index is 1.86. The minimum Gasteiger partial charge on any atom is -0.496 e. The molecule has 0 radical (unpaired) electrons. The van der Waals surface area contributed by atoms with Gasteiger partial charge in [-0.25, -0.2) is 0 Å². The van der Waals surface area contributed by atoms with Gasteiger partial charge in [0.2, 0.25) is 5.91 Å². The van der Waals surface area contributed by atoms with Crippen LogP contribution in [-0.2, 0) is 11.0 Å². The molecule has 2 atom stereocenters. The highest BCUT2D eigenvalue weighted by atomic mass is 19.4. The van der Waals surface area contributed by atoms with Crippen LogP contribution in [0.1, 0.15) is 40.6 Å². The van der Waals surface area contributed by atoms with E-state index in [0.29, 0.717) is 18.7 Å². The highest BCUT2D eigenvalue weighted by Crippen LogP contribution is 2.36. The Morgan fingerprint density at radius 1 is 0.909 bits per heavy atom. The summed E-state index contributed by atoms with van der Waals surface area (Å²) in [5, 5.41) is 5.97. The van der Waals surface area contributed by atoms with Gasteiger partial charge in [0.25, 0.3) is 0 Å². The molecule has 0 bridgehead atoms. The maximum Gasteiger partial charge on any atom is 0.416 e. The minimum atomic E-state index is -4.39. The number of nitrogens with one attached hydrogen (secondary N) is 2. The predicted molar refractivity (Wildman–Crippen MR) is 122 cm³/mol. The second-order valence-electron chi connectivity index (χ2n) is 7.62. The predicted octanol–water partition coefficient (Wildman–Crippen LogP) is 5.31. The van der Waals surface area contributed by atoms with Crippen molar-refractivity contribution in [1.82, 2.24) is 10.6 Å². The number of methoxy groups -OCH3 is 1. The van der Waals surface area contributed by atoms with Crippen molar-refractivity contribution in [2.24, 2.45) is 0 Å². The summed E-state index contributed by atoms with van der Waals surface area (Å²) >= 11 is 0. The van der Waals surface area contributed by atoms with Crippen LogP contribution in [0, 0.1) is 0 Å². The van der Waals surface area contributed by atoms with Crippen molar-refractivity contribution in [2.75, 3.05) is 20.7 Å². The summed E-state index contributed by atoms with van der Waals surface area (Å²) in [4.78, 5) is 12.5. The van der Waals surface area contributed by atoms with E-state index in [9.17, 15) is 18.0 Å². The fourth-order valence-electron chi connectivity index (χ4n) is 3.88. The average molecular weight is 457 g/mol. The summed E-state index contributed by atoms with van der Waals surface area (Å²) in [5.74, 6) is 0.273. The molecule has 0 spiro atoms. The van der Waals surface area contributed by atoms with Gasteiger partial charge in [-0.1, -0.05) is 60.7 Å².